The summed E-state index contributed by atoms with van der Waals surface area (Å²) in [6, 6.07) is 26.1. The number of fused-ring (bicyclic) bond motifs is 1. The molecule has 0 amide bonds. The molecule has 4 aromatic rings. The fraction of sp³-hybridized carbons (Fsp3) is 0.390. The highest BCUT2D eigenvalue weighted by Crippen LogP contribution is 2.36. The normalized spacial score (nSPS) is 11.4. The summed E-state index contributed by atoms with van der Waals surface area (Å²) >= 11 is 0. The first-order chi connectivity index (χ1) is 22.5. The number of aromatic nitrogens is 1. The van der Waals surface area contributed by atoms with Crippen LogP contribution in [0.4, 0.5) is 0 Å². The Bertz CT molecular complexity index is 1620. The molecule has 0 saturated carbocycles. The predicted molar refractivity (Wildman–Crippen MR) is 191 cm³/mol. The summed E-state index contributed by atoms with van der Waals surface area (Å²) in [7, 11) is 0. The van der Waals surface area contributed by atoms with Crippen molar-refractivity contribution in [3.63, 3.8) is 0 Å². The summed E-state index contributed by atoms with van der Waals surface area (Å²) in [6.45, 7) is 10.3. The highest BCUT2D eigenvalue weighted by Gasteiger charge is 2.21. The van der Waals surface area contributed by atoms with Crippen molar-refractivity contribution < 1.29 is 14.2 Å². The topological polar surface area (TPSA) is 49.7 Å². The number of pyridine rings is 1. The lowest BCUT2D eigenvalue weighted by atomic mass is 10.1. The van der Waals surface area contributed by atoms with E-state index in [1.807, 2.05) is 83.4 Å². The van der Waals surface area contributed by atoms with Crippen LogP contribution in [0, 0.1) is 0 Å². The van der Waals surface area contributed by atoms with Gasteiger partial charge in [-0.25, -0.2) is 0 Å². The molecule has 0 aliphatic heterocycles. The Labute approximate surface area is 275 Å². The number of hydrogen-bond donors (Lipinski definition) is 0. The van der Waals surface area contributed by atoms with Gasteiger partial charge in [0.25, 0.3) is 5.56 Å². The zero-order valence-corrected chi connectivity index (χ0v) is 28.2. The van der Waals surface area contributed by atoms with Crippen LogP contribution in [0.2, 0.25) is 0 Å². The van der Waals surface area contributed by atoms with Crippen LogP contribution in [-0.2, 0) is 19.8 Å². The Hall–Kier alpha value is -4.25. The molecular weight excluding hydrogens is 570 g/mol. The number of allylic oxidation sites excluding steroid dienone is 3. The van der Waals surface area contributed by atoms with E-state index in [1.54, 1.807) is 0 Å². The minimum atomic E-state index is -0.167. The van der Waals surface area contributed by atoms with Crippen molar-refractivity contribution in [2.45, 2.75) is 98.8 Å². The molecule has 0 saturated heterocycles. The maximum absolute atomic E-state index is 14.3. The van der Waals surface area contributed by atoms with Gasteiger partial charge in [-0.15, -0.1) is 0 Å². The van der Waals surface area contributed by atoms with Gasteiger partial charge in [0.2, 0.25) is 5.75 Å². The van der Waals surface area contributed by atoms with Crippen LogP contribution in [0.25, 0.3) is 10.9 Å². The molecule has 0 unspecified atom stereocenters. The average Bonchev–Trinajstić information content (AvgIpc) is 3.07. The highest BCUT2D eigenvalue weighted by molar-refractivity contribution is 5.89. The molecule has 1 heterocycles. The van der Waals surface area contributed by atoms with Crippen LogP contribution < -0.4 is 19.8 Å². The molecule has 0 fully saturated rings. The van der Waals surface area contributed by atoms with Crippen LogP contribution in [-0.4, -0.2) is 11.2 Å². The maximum atomic E-state index is 14.3. The Balaban J connectivity index is 1.69. The molecule has 0 radical (unpaired) electrons. The average molecular weight is 622 g/mol. The van der Waals surface area contributed by atoms with Crippen molar-refractivity contribution >= 4 is 10.9 Å². The van der Waals surface area contributed by atoms with Crippen molar-refractivity contribution in [2.24, 2.45) is 0 Å². The lowest BCUT2D eigenvalue weighted by Gasteiger charge is -2.19. The van der Waals surface area contributed by atoms with Crippen molar-refractivity contribution in [2.75, 3.05) is 6.61 Å². The first-order valence-corrected chi connectivity index (χ1v) is 16.9. The van der Waals surface area contributed by atoms with Crippen molar-refractivity contribution in [3.8, 4) is 17.2 Å². The zero-order chi connectivity index (χ0) is 32.6. The SMILES string of the molecule is CCCCCCCCn1c(=O)c(OC/C=C(\C)CCC=C(C)C)c(OCc2ccccc2)c2ccc(OCc3ccccc3)cc21. The first-order valence-electron chi connectivity index (χ1n) is 16.9. The predicted octanol–water partition coefficient (Wildman–Crippen LogP) is 10.6. The number of hydrogen-bond acceptors (Lipinski definition) is 4. The van der Waals surface area contributed by atoms with Crippen molar-refractivity contribution in [1.29, 1.82) is 0 Å². The fourth-order valence-electron chi connectivity index (χ4n) is 5.44. The third-order valence-corrected chi connectivity index (χ3v) is 8.11. The van der Waals surface area contributed by atoms with Crippen molar-refractivity contribution in [3.05, 3.63) is 124 Å². The van der Waals surface area contributed by atoms with Gasteiger partial charge in [0, 0.05) is 18.0 Å². The second-order valence-electron chi connectivity index (χ2n) is 12.3. The lowest BCUT2D eigenvalue weighted by Crippen LogP contribution is -2.24. The lowest BCUT2D eigenvalue weighted by molar-refractivity contribution is 0.274. The number of rotatable bonds is 19. The van der Waals surface area contributed by atoms with Gasteiger partial charge in [-0.2, -0.15) is 0 Å². The Morgan fingerprint density at radius 3 is 2.04 bits per heavy atom. The van der Waals surface area contributed by atoms with Gasteiger partial charge >= 0.3 is 0 Å². The number of benzene rings is 3. The minimum Gasteiger partial charge on any atom is -0.489 e. The molecule has 5 nitrogen and oxygen atoms in total. The molecule has 0 N–H and O–H groups in total. The van der Waals surface area contributed by atoms with Crippen molar-refractivity contribution in [1.82, 2.24) is 4.57 Å². The van der Waals surface area contributed by atoms with Crippen LogP contribution in [0.5, 0.6) is 17.2 Å². The maximum Gasteiger partial charge on any atom is 0.297 e. The van der Waals surface area contributed by atoms with Gasteiger partial charge in [0.05, 0.1) is 5.52 Å². The second kappa shape index (κ2) is 18.7. The number of aryl methyl sites for hydroxylation is 1. The van der Waals surface area contributed by atoms with E-state index in [0.717, 1.165) is 47.7 Å². The molecule has 0 bridgehead atoms. The van der Waals surface area contributed by atoms with E-state index in [2.05, 4.69) is 39.8 Å². The molecule has 244 valence electrons. The van der Waals surface area contributed by atoms with Crippen LogP contribution in [0.3, 0.4) is 0 Å². The first kappa shape index (κ1) is 34.6. The smallest absolute Gasteiger partial charge is 0.297 e. The van der Waals surface area contributed by atoms with E-state index in [1.165, 1.54) is 36.8 Å². The Morgan fingerprint density at radius 2 is 1.37 bits per heavy atom. The molecule has 3 aromatic carbocycles. The quantitative estimate of drug-likeness (QED) is 0.0772. The van der Waals surface area contributed by atoms with Gasteiger partial charge in [0.1, 0.15) is 25.6 Å². The summed E-state index contributed by atoms with van der Waals surface area (Å²) in [6.07, 6.45) is 13.1. The highest BCUT2D eigenvalue weighted by atomic mass is 16.5. The van der Waals surface area contributed by atoms with Crippen LogP contribution in [0.15, 0.2) is 107 Å². The minimum absolute atomic E-state index is 0.167. The molecule has 0 aliphatic carbocycles. The Morgan fingerprint density at radius 1 is 0.717 bits per heavy atom. The molecule has 0 atom stereocenters. The van der Waals surface area contributed by atoms with Crippen LogP contribution >= 0.6 is 0 Å². The molecule has 5 heteroatoms. The van der Waals surface area contributed by atoms with E-state index in [9.17, 15) is 4.79 Å². The summed E-state index contributed by atoms with van der Waals surface area (Å²) in [5.41, 5.74) is 5.30. The second-order valence-corrected chi connectivity index (χ2v) is 12.3. The molecule has 1 aromatic heterocycles. The zero-order valence-electron chi connectivity index (χ0n) is 28.2. The number of nitrogens with zero attached hydrogens (tertiary/aromatic N) is 1. The molecule has 4 rings (SSSR count). The number of ether oxygens (including phenoxy) is 3. The van der Waals surface area contributed by atoms with E-state index >= 15 is 0 Å². The summed E-state index contributed by atoms with van der Waals surface area (Å²) in [5.74, 6) is 1.46. The third kappa shape index (κ3) is 10.7. The van der Waals surface area contributed by atoms with E-state index in [0.29, 0.717) is 37.9 Å². The van der Waals surface area contributed by atoms with E-state index < -0.39 is 0 Å². The molecule has 0 spiro atoms. The molecular formula is C41H51NO4. The summed E-state index contributed by atoms with van der Waals surface area (Å²) in [5, 5.41) is 0.841. The van der Waals surface area contributed by atoms with E-state index in [4.69, 9.17) is 14.2 Å². The summed E-state index contributed by atoms with van der Waals surface area (Å²) in [4.78, 5) is 14.3. The third-order valence-electron chi connectivity index (χ3n) is 8.11. The van der Waals surface area contributed by atoms with Gasteiger partial charge < -0.3 is 18.8 Å². The monoisotopic (exact) mass is 621 g/mol. The Kier molecular flexibility index (Phi) is 14.0. The standard InChI is InChI=1S/C41H51NO4/c1-5-6-7-8-9-16-27-42-38-29-36(45-30-34-20-12-10-13-21-34)24-25-37(38)39(46-31-35-22-14-11-15-23-35)40(41(42)43)44-28-26-33(4)19-17-18-32(2)3/h10-15,18,20-26,29H,5-9,16-17,19,27-28,30-31H2,1-4H3/b33-26+. The van der Waals surface area contributed by atoms with Crippen LogP contribution in [0.1, 0.15) is 90.2 Å². The van der Waals surface area contributed by atoms with Gasteiger partial charge in [-0.05, 0) is 69.4 Å². The largest absolute Gasteiger partial charge is 0.489 e. The summed E-state index contributed by atoms with van der Waals surface area (Å²) < 4.78 is 20.8. The van der Waals surface area contributed by atoms with E-state index in [-0.39, 0.29) is 11.3 Å². The van der Waals surface area contributed by atoms with Gasteiger partial charge in [0.15, 0.2) is 5.75 Å². The molecule has 0 aliphatic rings. The molecule has 46 heavy (non-hydrogen) atoms. The van der Waals surface area contributed by atoms with Gasteiger partial charge in [-0.3, -0.25) is 4.79 Å². The number of unbranched alkanes of at least 4 members (excludes halogenated alkanes) is 5. The van der Waals surface area contributed by atoms with Gasteiger partial charge in [-0.1, -0.05) is 117 Å². The fourth-order valence-corrected chi connectivity index (χ4v) is 5.44.